The predicted octanol–water partition coefficient (Wildman–Crippen LogP) is 2.20. The molecule has 2 heterocycles. The Morgan fingerprint density at radius 3 is 2.67 bits per heavy atom. The number of terminal acetylenes is 1. The molecule has 2 rings (SSSR count). The van der Waals surface area contributed by atoms with E-state index in [0.29, 0.717) is 5.82 Å². The highest BCUT2D eigenvalue weighted by Gasteiger charge is 2.34. The maximum absolute atomic E-state index is 5.38. The summed E-state index contributed by atoms with van der Waals surface area (Å²) in [6.07, 6.45) is 6.66. The topological polar surface area (TPSA) is 34.0 Å². The maximum atomic E-state index is 5.38. The number of anilines is 1. The summed E-state index contributed by atoms with van der Waals surface area (Å²) < 4.78 is 1.92. The van der Waals surface area contributed by atoms with Crippen LogP contribution in [0.25, 0.3) is 0 Å². The first kappa shape index (κ1) is 13.2. The van der Waals surface area contributed by atoms with Gasteiger partial charge in [-0.05, 0) is 24.8 Å². The van der Waals surface area contributed by atoms with E-state index < -0.39 is 8.07 Å². The quantitative estimate of drug-likeness (QED) is 0.618. The number of hydrogen-bond acceptors (Lipinski definition) is 3. The summed E-state index contributed by atoms with van der Waals surface area (Å²) in [5.41, 5.74) is 0.841. The van der Waals surface area contributed by atoms with Gasteiger partial charge in [0.05, 0.1) is 0 Å². The van der Waals surface area contributed by atoms with E-state index in [1.54, 1.807) is 0 Å². The molecule has 0 aromatic carbocycles. The lowest BCUT2D eigenvalue weighted by Gasteiger charge is -2.25. The molecule has 0 bridgehead atoms. The molecule has 0 radical (unpaired) electrons. The molecule has 98 valence electrons. The number of aromatic nitrogens is 3. The van der Waals surface area contributed by atoms with Gasteiger partial charge in [0.25, 0.3) is 0 Å². The van der Waals surface area contributed by atoms with E-state index in [1.165, 1.54) is 6.42 Å². The summed E-state index contributed by atoms with van der Waals surface area (Å²) in [6.45, 7) is 12.4. The molecule has 0 saturated carbocycles. The van der Waals surface area contributed by atoms with Crippen molar-refractivity contribution >= 4 is 14.0 Å². The van der Waals surface area contributed by atoms with E-state index in [-0.39, 0.29) is 0 Å². The Hall–Kier alpha value is -1.28. The van der Waals surface area contributed by atoms with Gasteiger partial charge < -0.3 is 4.90 Å². The lowest BCUT2D eigenvalue weighted by Crippen LogP contribution is -2.31. The van der Waals surface area contributed by atoms with Gasteiger partial charge in [-0.2, -0.15) is 4.98 Å². The van der Waals surface area contributed by atoms with Crippen LogP contribution in [0.1, 0.15) is 19.2 Å². The van der Waals surface area contributed by atoms with Gasteiger partial charge in [0.15, 0.2) is 0 Å². The Bertz CT molecular complexity index is 466. The van der Waals surface area contributed by atoms with E-state index in [1.807, 2.05) is 4.68 Å². The Kier molecular flexibility index (Phi) is 3.49. The summed E-state index contributed by atoms with van der Waals surface area (Å²) in [5, 5.41) is 4.32. The molecule has 0 aliphatic carbocycles. The molecule has 1 aromatic rings. The van der Waals surface area contributed by atoms with E-state index in [4.69, 9.17) is 6.42 Å². The second kappa shape index (κ2) is 4.77. The molecular formula is C13H22N4Si. The van der Waals surface area contributed by atoms with Crippen LogP contribution in [-0.4, -0.2) is 35.9 Å². The van der Waals surface area contributed by atoms with E-state index in [9.17, 15) is 0 Å². The fourth-order valence-electron chi connectivity index (χ4n) is 2.49. The summed E-state index contributed by atoms with van der Waals surface area (Å²) >= 11 is 0. The summed E-state index contributed by atoms with van der Waals surface area (Å²) in [5.74, 6) is 3.98. The highest BCUT2D eigenvalue weighted by atomic mass is 28.3. The molecule has 5 heteroatoms. The van der Waals surface area contributed by atoms with Crippen molar-refractivity contribution in [2.24, 2.45) is 0 Å². The number of hydrogen-bond donors (Lipinski definition) is 0. The van der Waals surface area contributed by atoms with Gasteiger partial charge in [0.2, 0.25) is 11.8 Å². The van der Waals surface area contributed by atoms with Gasteiger partial charge in [-0.1, -0.05) is 19.6 Å². The van der Waals surface area contributed by atoms with Crippen molar-refractivity contribution < 1.29 is 0 Å². The number of aryl methyl sites for hydroxylation is 1. The monoisotopic (exact) mass is 262 g/mol. The first-order chi connectivity index (χ1) is 8.45. The normalized spacial score (nSPS) is 20.2. The largest absolute Gasteiger partial charge is 0.341 e. The maximum Gasteiger partial charge on any atom is 0.226 e. The van der Waals surface area contributed by atoms with Crippen molar-refractivity contribution in [2.75, 3.05) is 18.0 Å². The van der Waals surface area contributed by atoms with Gasteiger partial charge in [0, 0.05) is 27.7 Å². The minimum absolute atomic E-state index is 0.503. The third kappa shape index (κ3) is 2.44. The number of nitrogens with zero attached hydrogens (tertiary/aromatic N) is 4. The lowest BCUT2D eigenvalue weighted by atomic mass is 10.4. The van der Waals surface area contributed by atoms with Crippen LogP contribution >= 0.6 is 0 Å². The fraction of sp³-hybridized carbons (Fsp3) is 0.692. The molecule has 4 nitrogen and oxygen atoms in total. The van der Waals surface area contributed by atoms with Gasteiger partial charge >= 0.3 is 0 Å². The minimum atomic E-state index is -1.07. The van der Waals surface area contributed by atoms with E-state index >= 15 is 0 Å². The van der Waals surface area contributed by atoms with Crippen LogP contribution in [0.5, 0.6) is 0 Å². The molecule has 1 unspecified atom stereocenters. The van der Waals surface area contributed by atoms with Crippen molar-refractivity contribution in [2.45, 2.75) is 45.1 Å². The number of rotatable bonds is 3. The van der Waals surface area contributed by atoms with Crippen LogP contribution in [0.4, 0.5) is 5.95 Å². The molecule has 18 heavy (non-hydrogen) atoms. The molecule has 1 atom stereocenters. The summed E-state index contributed by atoms with van der Waals surface area (Å²) in [6, 6.07) is 0. The molecule has 1 aromatic heterocycles. The van der Waals surface area contributed by atoms with Gasteiger partial charge in [-0.25, -0.2) is 4.68 Å². The molecule has 1 fully saturated rings. The summed E-state index contributed by atoms with van der Waals surface area (Å²) in [7, 11) is -1.07. The van der Waals surface area contributed by atoms with Crippen molar-refractivity contribution in [3.63, 3.8) is 0 Å². The Labute approximate surface area is 110 Å². The van der Waals surface area contributed by atoms with Crippen LogP contribution in [0, 0.1) is 12.3 Å². The average molecular weight is 262 g/mol. The van der Waals surface area contributed by atoms with Gasteiger partial charge in [-0.15, -0.1) is 11.5 Å². The van der Waals surface area contributed by atoms with Crippen LogP contribution in [0.2, 0.25) is 25.2 Å². The van der Waals surface area contributed by atoms with E-state index in [0.717, 1.165) is 31.1 Å². The zero-order valence-electron chi connectivity index (χ0n) is 11.8. The minimum Gasteiger partial charge on any atom is -0.341 e. The highest BCUT2D eigenvalue weighted by Crippen LogP contribution is 2.33. The molecule has 0 amide bonds. The van der Waals surface area contributed by atoms with Gasteiger partial charge in [-0.3, -0.25) is 0 Å². The molecule has 1 aliphatic rings. The van der Waals surface area contributed by atoms with Crippen LogP contribution in [0.15, 0.2) is 0 Å². The zero-order chi connectivity index (χ0) is 13.3. The molecular weight excluding hydrogens is 240 g/mol. The standard InChI is InChI=1S/C13H22N4Si/c1-6-12-14-13(17(7-2)15-12)16-9-8-11(10-16)18(3,4)5/h1,11H,7-10H2,2-5H3. The lowest BCUT2D eigenvalue weighted by molar-refractivity contribution is 0.643. The molecule has 1 aliphatic heterocycles. The van der Waals surface area contributed by atoms with Crippen LogP contribution in [0.3, 0.4) is 0 Å². The smallest absolute Gasteiger partial charge is 0.226 e. The zero-order valence-corrected chi connectivity index (χ0v) is 12.8. The van der Waals surface area contributed by atoms with Gasteiger partial charge in [0.1, 0.15) is 0 Å². The second-order valence-electron chi connectivity index (χ2n) is 5.99. The third-order valence-electron chi connectivity index (χ3n) is 3.78. The SMILES string of the molecule is C#Cc1nc(N2CCC([Si](C)(C)C)C2)n(CC)n1. The third-order valence-corrected chi connectivity index (χ3v) is 6.70. The Morgan fingerprint density at radius 1 is 1.44 bits per heavy atom. The Balaban J connectivity index is 2.19. The van der Waals surface area contributed by atoms with Crippen molar-refractivity contribution in [3.8, 4) is 12.3 Å². The first-order valence-corrected chi connectivity index (χ1v) is 10.2. The summed E-state index contributed by atoms with van der Waals surface area (Å²) in [4.78, 5) is 6.80. The first-order valence-electron chi connectivity index (χ1n) is 6.62. The van der Waals surface area contributed by atoms with Crippen LogP contribution < -0.4 is 4.90 Å². The predicted molar refractivity (Wildman–Crippen MR) is 77.6 cm³/mol. The van der Waals surface area contributed by atoms with Crippen molar-refractivity contribution in [1.29, 1.82) is 0 Å². The van der Waals surface area contributed by atoms with E-state index in [2.05, 4.69) is 47.5 Å². The molecule has 0 spiro atoms. The van der Waals surface area contributed by atoms with Crippen molar-refractivity contribution in [3.05, 3.63) is 5.82 Å². The molecule has 1 saturated heterocycles. The highest BCUT2D eigenvalue weighted by molar-refractivity contribution is 6.77. The Morgan fingerprint density at radius 2 is 2.17 bits per heavy atom. The fourth-order valence-corrected chi connectivity index (χ4v) is 4.25. The average Bonchev–Trinajstić information content (AvgIpc) is 2.94. The second-order valence-corrected chi connectivity index (χ2v) is 11.5. The molecule has 0 N–H and O–H groups in total. The van der Waals surface area contributed by atoms with Crippen LogP contribution in [-0.2, 0) is 6.54 Å². The van der Waals surface area contributed by atoms with Crippen molar-refractivity contribution in [1.82, 2.24) is 14.8 Å².